The van der Waals surface area contributed by atoms with Gasteiger partial charge in [0.25, 0.3) is 0 Å². The van der Waals surface area contributed by atoms with Crippen LogP contribution in [0.1, 0.15) is 16.8 Å². The minimum Gasteiger partial charge on any atom is -0.352 e. The van der Waals surface area contributed by atoms with Gasteiger partial charge in [0.05, 0.1) is 11.6 Å². The second-order valence-corrected chi connectivity index (χ2v) is 7.01. The molecule has 0 radical (unpaired) electrons. The number of hydrogen-bond donors (Lipinski definition) is 1. The minimum atomic E-state index is 0.741. The number of aliphatic imine (C=N–C) groups is 1. The van der Waals surface area contributed by atoms with Crippen LogP contribution in [-0.2, 0) is 26.7 Å². The topological polar surface area (TPSA) is 35.8 Å². The van der Waals surface area contributed by atoms with Crippen LogP contribution in [0.15, 0.2) is 41.5 Å². The molecular formula is C19H28ClN5. The number of nitrogens with zero attached hydrogens (tertiary/aromatic N) is 4. The zero-order valence-electron chi connectivity index (χ0n) is 15.8. The number of hydrogen-bond acceptors (Lipinski definition) is 2. The molecule has 0 fully saturated rings. The Balaban J connectivity index is 1.92. The number of guanidine groups is 1. The second-order valence-electron chi connectivity index (χ2n) is 6.57. The van der Waals surface area contributed by atoms with Gasteiger partial charge in [-0.1, -0.05) is 35.9 Å². The van der Waals surface area contributed by atoms with Gasteiger partial charge in [-0.2, -0.15) is 0 Å². The summed E-state index contributed by atoms with van der Waals surface area (Å²) in [5.74, 6) is 0.856. The van der Waals surface area contributed by atoms with Crippen molar-refractivity contribution >= 4 is 17.6 Å². The third-order valence-corrected chi connectivity index (χ3v) is 4.23. The Morgan fingerprint density at radius 3 is 2.28 bits per heavy atom. The third-order valence-electron chi connectivity index (χ3n) is 4.02. The first-order valence-corrected chi connectivity index (χ1v) is 8.72. The van der Waals surface area contributed by atoms with Crippen molar-refractivity contribution in [3.8, 4) is 0 Å². The summed E-state index contributed by atoms with van der Waals surface area (Å²) in [5, 5.41) is 4.17. The Labute approximate surface area is 155 Å². The molecule has 0 atom stereocenters. The molecular weight excluding hydrogens is 334 g/mol. The van der Waals surface area contributed by atoms with E-state index >= 15 is 0 Å². The fraction of sp³-hybridized carbons (Fsp3) is 0.421. The number of aromatic nitrogens is 1. The molecule has 0 saturated heterocycles. The summed E-state index contributed by atoms with van der Waals surface area (Å²) in [6.45, 7) is 2.44. The van der Waals surface area contributed by atoms with E-state index in [1.165, 1.54) is 11.1 Å². The predicted molar refractivity (Wildman–Crippen MR) is 106 cm³/mol. The van der Waals surface area contributed by atoms with E-state index in [4.69, 9.17) is 11.6 Å². The maximum atomic E-state index is 6.06. The number of rotatable bonds is 6. The van der Waals surface area contributed by atoms with E-state index in [2.05, 4.69) is 58.5 Å². The van der Waals surface area contributed by atoms with Crippen molar-refractivity contribution < 1.29 is 0 Å². The maximum Gasteiger partial charge on any atom is 0.194 e. The molecule has 1 N–H and O–H groups in total. The molecule has 2 aromatic rings. The Bertz CT molecular complexity index is 703. The Hall–Kier alpha value is -1.98. The standard InChI is InChI=1S/C19H28ClN5/c1-21-19(25(5)14-18-10-17(20)13-24(18)4)22-11-15-6-8-16(9-7-15)12-23(2)3/h6-10,13H,11-12,14H2,1-5H3,(H,21,22). The lowest BCUT2D eigenvalue weighted by Crippen LogP contribution is -2.38. The van der Waals surface area contributed by atoms with Crippen molar-refractivity contribution in [2.45, 2.75) is 19.6 Å². The van der Waals surface area contributed by atoms with Crippen molar-refractivity contribution in [2.75, 3.05) is 28.2 Å². The highest BCUT2D eigenvalue weighted by atomic mass is 35.5. The molecule has 1 aromatic carbocycles. The SMILES string of the molecule is CN=C(NCc1ccc(CN(C)C)cc1)N(C)Cc1cc(Cl)cn1C. The van der Waals surface area contributed by atoms with E-state index in [9.17, 15) is 0 Å². The van der Waals surface area contributed by atoms with Crippen LogP contribution in [0.25, 0.3) is 0 Å². The van der Waals surface area contributed by atoms with E-state index in [1.54, 1.807) is 7.05 Å². The van der Waals surface area contributed by atoms with Gasteiger partial charge in [-0.15, -0.1) is 0 Å². The van der Waals surface area contributed by atoms with E-state index in [1.807, 2.05) is 30.9 Å². The van der Waals surface area contributed by atoms with E-state index in [0.29, 0.717) is 0 Å². The fourth-order valence-electron chi connectivity index (χ4n) is 2.73. The summed E-state index contributed by atoms with van der Waals surface area (Å²) < 4.78 is 2.04. The summed E-state index contributed by atoms with van der Waals surface area (Å²) >= 11 is 6.06. The van der Waals surface area contributed by atoms with Gasteiger partial charge in [0, 0.05) is 46.1 Å². The molecule has 0 unspecified atom stereocenters. The molecule has 2 rings (SSSR count). The van der Waals surface area contributed by atoms with E-state index in [-0.39, 0.29) is 0 Å². The summed E-state index contributed by atoms with van der Waals surface area (Å²) in [5.41, 5.74) is 3.69. The summed E-state index contributed by atoms with van der Waals surface area (Å²) in [6, 6.07) is 10.7. The molecule has 5 nitrogen and oxygen atoms in total. The largest absolute Gasteiger partial charge is 0.352 e. The van der Waals surface area contributed by atoms with Crippen molar-refractivity contribution in [1.82, 2.24) is 19.7 Å². The van der Waals surface area contributed by atoms with Gasteiger partial charge in [0.1, 0.15) is 0 Å². The lowest BCUT2D eigenvalue weighted by Gasteiger charge is -2.22. The first-order valence-electron chi connectivity index (χ1n) is 8.34. The van der Waals surface area contributed by atoms with Gasteiger partial charge in [-0.05, 0) is 31.3 Å². The summed E-state index contributed by atoms with van der Waals surface area (Å²) in [4.78, 5) is 8.63. The number of halogens is 1. The zero-order chi connectivity index (χ0) is 18.4. The average molecular weight is 362 g/mol. The number of nitrogens with one attached hydrogen (secondary N) is 1. The van der Waals surface area contributed by atoms with Gasteiger partial charge >= 0.3 is 0 Å². The van der Waals surface area contributed by atoms with Crippen LogP contribution in [0, 0.1) is 0 Å². The quantitative estimate of drug-likeness (QED) is 0.634. The van der Waals surface area contributed by atoms with Gasteiger partial charge in [0.2, 0.25) is 0 Å². The van der Waals surface area contributed by atoms with Gasteiger partial charge < -0.3 is 19.7 Å². The van der Waals surface area contributed by atoms with Crippen molar-refractivity contribution in [2.24, 2.45) is 12.0 Å². The lowest BCUT2D eigenvalue weighted by atomic mass is 10.1. The van der Waals surface area contributed by atoms with Crippen LogP contribution in [0.4, 0.5) is 0 Å². The highest BCUT2D eigenvalue weighted by Crippen LogP contribution is 2.14. The second kappa shape index (κ2) is 8.92. The number of benzene rings is 1. The average Bonchev–Trinajstić information content (AvgIpc) is 2.86. The van der Waals surface area contributed by atoms with E-state index < -0.39 is 0 Å². The van der Waals surface area contributed by atoms with Gasteiger partial charge in [0.15, 0.2) is 5.96 Å². The molecule has 0 amide bonds. The van der Waals surface area contributed by atoms with Crippen LogP contribution in [0.2, 0.25) is 5.02 Å². The zero-order valence-corrected chi connectivity index (χ0v) is 16.5. The molecule has 0 aliphatic rings. The van der Waals surface area contributed by atoms with Crippen LogP contribution in [0.3, 0.4) is 0 Å². The van der Waals surface area contributed by atoms with Crippen LogP contribution in [0.5, 0.6) is 0 Å². The van der Waals surface area contributed by atoms with Crippen molar-refractivity contribution in [3.05, 3.63) is 58.4 Å². The first kappa shape index (κ1) is 19.3. The third kappa shape index (κ3) is 5.80. The Kier molecular flexibility index (Phi) is 6.91. The molecule has 136 valence electrons. The van der Waals surface area contributed by atoms with Gasteiger partial charge in [-0.3, -0.25) is 4.99 Å². The molecule has 1 heterocycles. The summed E-state index contributed by atoms with van der Waals surface area (Å²) in [7, 11) is 9.98. The van der Waals surface area contributed by atoms with E-state index in [0.717, 1.165) is 36.3 Å². The molecule has 0 bridgehead atoms. The fourth-order valence-corrected chi connectivity index (χ4v) is 3.01. The van der Waals surface area contributed by atoms with Crippen molar-refractivity contribution in [1.29, 1.82) is 0 Å². The monoisotopic (exact) mass is 361 g/mol. The highest BCUT2D eigenvalue weighted by molar-refractivity contribution is 6.30. The molecule has 0 saturated carbocycles. The van der Waals surface area contributed by atoms with Crippen LogP contribution < -0.4 is 5.32 Å². The molecule has 1 aromatic heterocycles. The lowest BCUT2D eigenvalue weighted by molar-refractivity contribution is 0.402. The van der Waals surface area contributed by atoms with Gasteiger partial charge in [-0.25, -0.2) is 0 Å². The molecule has 0 aliphatic carbocycles. The number of aryl methyl sites for hydroxylation is 1. The normalized spacial score (nSPS) is 11.9. The van der Waals surface area contributed by atoms with Crippen LogP contribution >= 0.6 is 11.6 Å². The maximum absolute atomic E-state index is 6.06. The molecule has 25 heavy (non-hydrogen) atoms. The predicted octanol–water partition coefficient (Wildman–Crippen LogP) is 2.95. The molecule has 0 aliphatic heterocycles. The van der Waals surface area contributed by atoms with Crippen molar-refractivity contribution in [3.63, 3.8) is 0 Å². The Morgan fingerprint density at radius 2 is 1.76 bits per heavy atom. The summed E-state index contributed by atoms with van der Waals surface area (Å²) in [6.07, 6.45) is 1.91. The first-order chi connectivity index (χ1) is 11.9. The highest BCUT2D eigenvalue weighted by Gasteiger charge is 2.09. The smallest absolute Gasteiger partial charge is 0.194 e. The minimum absolute atomic E-state index is 0.741. The molecule has 0 spiro atoms. The Morgan fingerprint density at radius 1 is 1.12 bits per heavy atom. The van der Waals surface area contributed by atoms with Crippen LogP contribution in [-0.4, -0.2) is 48.5 Å². The molecule has 6 heteroatoms.